The molecule has 0 fully saturated rings. The lowest BCUT2D eigenvalue weighted by Gasteiger charge is -2.09. The van der Waals surface area contributed by atoms with Gasteiger partial charge in [0.2, 0.25) is 5.88 Å². The van der Waals surface area contributed by atoms with Gasteiger partial charge in [-0.15, -0.1) is 15.3 Å². The fraction of sp³-hybridized carbons (Fsp3) is 0.182. The standard InChI is InChI=1S/C22H21N5O2/c1-15-12-16(2)14-18(13-15)22(28)23-10-11-29-20-9-8-19-24-25-21(27(19)26-20)17-6-4-3-5-7-17/h3-9,12-14H,10-11H2,1-2H3,(H,23,28). The van der Waals surface area contributed by atoms with Crippen molar-refractivity contribution in [2.75, 3.05) is 13.2 Å². The first-order valence-electron chi connectivity index (χ1n) is 9.37. The molecule has 0 saturated heterocycles. The maximum absolute atomic E-state index is 12.3. The number of hydrogen-bond donors (Lipinski definition) is 1. The van der Waals surface area contributed by atoms with Crippen LogP contribution in [0, 0.1) is 13.8 Å². The minimum atomic E-state index is -0.117. The average molecular weight is 387 g/mol. The van der Waals surface area contributed by atoms with E-state index in [1.54, 1.807) is 16.6 Å². The van der Waals surface area contributed by atoms with Crippen molar-refractivity contribution < 1.29 is 9.53 Å². The molecule has 2 heterocycles. The van der Waals surface area contributed by atoms with E-state index in [0.29, 0.717) is 36.1 Å². The minimum Gasteiger partial charge on any atom is -0.475 e. The van der Waals surface area contributed by atoms with Crippen molar-refractivity contribution in [1.82, 2.24) is 25.1 Å². The van der Waals surface area contributed by atoms with Crippen LogP contribution in [0.25, 0.3) is 17.0 Å². The summed E-state index contributed by atoms with van der Waals surface area (Å²) < 4.78 is 7.36. The van der Waals surface area contributed by atoms with Crippen LogP contribution in [0.1, 0.15) is 21.5 Å². The summed E-state index contributed by atoms with van der Waals surface area (Å²) in [4.78, 5) is 12.3. The summed E-state index contributed by atoms with van der Waals surface area (Å²) in [5.41, 5.74) is 4.34. The van der Waals surface area contributed by atoms with Crippen LogP contribution in [0.2, 0.25) is 0 Å². The van der Waals surface area contributed by atoms with Gasteiger partial charge >= 0.3 is 0 Å². The Hall–Kier alpha value is -3.74. The molecule has 2 aromatic carbocycles. The highest BCUT2D eigenvalue weighted by atomic mass is 16.5. The second-order valence-electron chi connectivity index (χ2n) is 6.81. The second kappa shape index (κ2) is 8.10. The van der Waals surface area contributed by atoms with E-state index in [4.69, 9.17) is 4.74 Å². The molecule has 7 nitrogen and oxygen atoms in total. The van der Waals surface area contributed by atoms with Gasteiger partial charge < -0.3 is 10.1 Å². The van der Waals surface area contributed by atoms with Crippen molar-refractivity contribution >= 4 is 11.6 Å². The number of nitrogens with zero attached hydrogens (tertiary/aromatic N) is 4. The zero-order chi connectivity index (χ0) is 20.2. The molecule has 0 spiro atoms. The Bertz CT molecular complexity index is 1130. The molecule has 4 aromatic rings. The van der Waals surface area contributed by atoms with E-state index in [1.807, 2.05) is 62.4 Å². The van der Waals surface area contributed by atoms with E-state index in [0.717, 1.165) is 16.7 Å². The summed E-state index contributed by atoms with van der Waals surface area (Å²) >= 11 is 0. The zero-order valence-corrected chi connectivity index (χ0v) is 16.3. The van der Waals surface area contributed by atoms with Crippen LogP contribution in [0.4, 0.5) is 0 Å². The van der Waals surface area contributed by atoms with Gasteiger partial charge in [-0.05, 0) is 32.0 Å². The number of benzene rings is 2. The smallest absolute Gasteiger partial charge is 0.251 e. The molecule has 2 aromatic heterocycles. The fourth-order valence-corrected chi connectivity index (χ4v) is 3.14. The molecule has 0 saturated carbocycles. The van der Waals surface area contributed by atoms with Crippen LogP contribution in [-0.4, -0.2) is 38.9 Å². The number of carbonyl (C=O) groups is 1. The van der Waals surface area contributed by atoms with Gasteiger partial charge in [0.1, 0.15) is 6.61 Å². The van der Waals surface area contributed by atoms with Gasteiger partial charge in [0.05, 0.1) is 6.54 Å². The lowest BCUT2D eigenvalue weighted by molar-refractivity contribution is 0.0946. The van der Waals surface area contributed by atoms with E-state index in [9.17, 15) is 4.79 Å². The van der Waals surface area contributed by atoms with Gasteiger partial charge in [-0.25, -0.2) is 0 Å². The van der Waals surface area contributed by atoms with Crippen molar-refractivity contribution in [2.45, 2.75) is 13.8 Å². The van der Waals surface area contributed by atoms with Crippen LogP contribution >= 0.6 is 0 Å². The Labute approximate surface area is 168 Å². The first-order chi connectivity index (χ1) is 14.1. The van der Waals surface area contributed by atoms with Crippen molar-refractivity contribution in [3.63, 3.8) is 0 Å². The third kappa shape index (κ3) is 4.24. The summed E-state index contributed by atoms with van der Waals surface area (Å²) in [5.74, 6) is 0.971. The van der Waals surface area contributed by atoms with Gasteiger partial charge in [0, 0.05) is 17.2 Å². The van der Waals surface area contributed by atoms with Gasteiger partial charge in [0.15, 0.2) is 11.5 Å². The predicted molar refractivity (Wildman–Crippen MR) is 110 cm³/mol. The Balaban J connectivity index is 1.39. The van der Waals surface area contributed by atoms with Crippen molar-refractivity contribution in [2.24, 2.45) is 0 Å². The van der Waals surface area contributed by atoms with Crippen LogP contribution in [0.3, 0.4) is 0 Å². The number of aromatic nitrogens is 4. The van der Waals surface area contributed by atoms with E-state index >= 15 is 0 Å². The molecule has 7 heteroatoms. The quantitative estimate of drug-likeness (QED) is 0.514. The number of ether oxygens (including phenoxy) is 1. The average Bonchev–Trinajstić information content (AvgIpc) is 3.14. The molecule has 0 aliphatic carbocycles. The molecule has 1 amide bonds. The lowest BCUT2D eigenvalue weighted by Crippen LogP contribution is -2.28. The van der Waals surface area contributed by atoms with Crippen LogP contribution in [-0.2, 0) is 0 Å². The molecule has 29 heavy (non-hydrogen) atoms. The van der Waals surface area contributed by atoms with Crippen molar-refractivity contribution in [3.05, 3.63) is 77.4 Å². The first kappa shape index (κ1) is 18.6. The first-order valence-corrected chi connectivity index (χ1v) is 9.37. The molecule has 0 atom stereocenters. The second-order valence-corrected chi connectivity index (χ2v) is 6.81. The largest absolute Gasteiger partial charge is 0.475 e. The van der Waals surface area contributed by atoms with Crippen LogP contribution < -0.4 is 10.1 Å². The van der Waals surface area contributed by atoms with Crippen molar-refractivity contribution in [3.8, 4) is 17.3 Å². The van der Waals surface area contributed by atoms with Gasteiger partial charge in [0.25, 0.3) is 5.91 Å². The minimum absolute atomic E-state index is 0.117. The van der Waals surface area contributed by atoms with Gasteiger partial charge in [-0.1, -0.05) is 47.5 Å². The third-order valence-electron chi connectivity index (χ3n) is 4.39. The summed E-state index contributed by atoms with van der Waals surface area (Å²) in [6.45, 7) is 4.63. The van der Waals surface area contributed by atoms with E-state index in [2.05, 4.69) is 20.6 Å². The van der Waals surface area contributed by atoms with Gasteiger partial charge in [-0.3, -0.25) is 4.79 Å². The number of aryl methyl sites for hydroxylation is 2. The highest BCUT2D eigenvalue weighted by Gasteiger charge is 2.10. The molecule has 4 rings (SSSR count). The summed E-state index contributed by atoms with van der Waals surface area (Å²) in [6.07, 6.45) is 0. The highest BCUT2D eigenvalue weighted by Crippen LogP contribution is 2.18. The number of fused-ring (bicyclic) bond motifs is 1. The molecule has 1 N–H and O–H groups in total. The molecule has 146 valence electrons. The number of nitrogens with one attached hydrogen (secondary N) is 1. The summed E-state index contributed by atoms with van der Waals surface area (Å²) in [7, 11) is 0. The van der Waals surface area contributed by atoms with Gasteiger partial charge in [-0.2, -0.15) is 4.52 Å². The number of amides is 1. The summed E-state index contributed by atoms with van der Waals surface area (Å²) in [6, 6.07) is 19.1. The Morgan fingerprint density at radius 2 is 1.76 bits per heavy atom. The van der Waals surface area contributed by atoms with E-state index < -0.39 is 0 Å². The maximum atomic E-state index is 12.3. The Morgan fingerprint density at radius 1 is 1.00 bits per heavy atom. The SMILES string of the molecule is Cc1cc(C)cc(C(=O)NCCOc2ccc3nnc(-c4ccccc4)n3n2)c1. The number of hydrogen-bond acceptors (Lipinski definition) is 5. The molecular formula is C22H21N5O2. The van der Waals surface area contributed by atoms with Crippen LogP contribution in [0.15, 0.2) is 60.7 Å². The highest BCUT2D eigenvalue weighted by molar-refractivity contribution is 5.94. The monoisotopic (exact) mass is 387 g/mol. The van der Waals surface area contributed by atoms with E-state index in [1.165, 1.54) is 0 Å². The number of rotatable bonds is 6. The molecule has 0 bridgehead atoms. The number of carbonyl (C=O) groups excluding carboxylic acids is 1. The molecular weight excluding hydrogens is 366 g/mol. The Kier molecular flexibility index (Phi) is 5.20. The Morgan fingerprint density at radius 3 is 2.52 bits per heavy atom. The van der Waals surface area contributed by atoms with E-state index in [-0.39, 0.29) is 5.91 Å². The zero-order valence-electron chi connectivity index (χ0n) is 16.3. The lowest BCUT2D eigenvalue weighted by atomic mass is 10.1. The maximum Gasteiger partial charge on any atom is 0.251 e. The summed E-state index contributed by atoms with van der Waals surface area (Å²) in [5, 5.41) is 15.7. The normalized spacial score (nSPS) is 10.8. The molecule has 0 unspecified atom stereocenters. The predicted octanol–water partition coefficient (Wildman–Crippen LogP) is 3.22. The molecule has 0 aliphatic heterocycles. The fourth-order valence-electron chi connectivity index (χ4n) is 3.14. The topological polar surface area (TPSA) is 81.4 Å². The third-order valence-corrected chi connectivity index (χ3v) is 4.39. The molecule has 0 aliphatic rings. The van der Waals surface area contributed by atoms with Crippen molar-refractivity contribution in [1.29, 1.82) is 0 Å². The van der Waals surface area contributed by atoms with Crippen LogP contribution in [0.5, 0.6) is 5.88 Å². The molecule has 0 radical (unpaired) electrons.